The lowest BCUT2D eigenvalue weighted by Gasteiger charge is -2.51. The molecule has 3 aliphatic rings. The molecule has 8 heteroatoms. The number of aromatic nitrogens is 1. The van der Waals surface area contributed by atoms with Gasteiger partial charge in [-0.15, -0.1) is 0 Å². The van der Waals surface area contributed by atoms with Crippen molar-refractivity contribution >= 4 is 31.5 Å². The minimum Gasteiger partial charge on any atom is -0.432 e. The standard InChI is InChI=1S/C30H42N4O3Si/c1-21-14-15-22(17-31-21)18-32-19-27-29(36)33(20-28(35)34(27)26-13-9-8-12-25(26)32)24-11-7-6-10-23(24)16-30(2,3)38(4,5)37/h8-9,12-15,17,23-24,27,37H,6-7,10-11,16,18-20H2,1-5H3/t23-,24+,27?/m1/s1. The van der Waals surface area contributed by atoms with Crippen LogP contribution >= 0.6 is 0 Å². The van der Waals surface area contributed by atoms with Gasteiger partial charge in [-0.2, -0.15) is 0 Å². The van der Waals surface area contributed by atoms with Crippen LogP contribution in [0.4, 0.5) is 11.4 Å². The van der Waals surface area contributed by atoms with Crippen molar-refractivity contribution in [1.29, 1.82) is 0 Å². The maximum Gasteiger partial charge on any atom is 0.248 e. The first-order chi connectivity index (χ1) is 18.0. The van der Waals surface area contributed by atoms with Crippen LogP contribution in [0.15, 0.2) is 42.6 Å². The molecule has 2 fully saturated rings. The Bertz CT molecular complexity index is 1190. The molecule has 1 unspecified atom stereocenters. The van der Waals surface area contributed by atoms with Crippen molar-refractivity contribution in [2.45, 2.75) is 89.6 Å². The molecule has 7 nitrogen and oxygen atoms in total. The maximum atomic E-state index is 14.2. The third-order valence-electron chi connectivity index (χ3n) is 9.37. The highest BCUT2D eigenvalue weighted by Crippen LogP contribution is 2.47. The molecule has 3 atom stereocenters. The normalized spacial score (nSPS) is 24.4. The van der Waals surface area contributed by atoms with Crippen LogP contribution in [0.2, 0.25) is 18.1 Å². The molecule has 1 N–H and O–H groups in total. The summed E-state index contributed by atoms with van der Waals surface area (Å²) < 4.78 is 0. The van der Waals surface area contributed by atoms with Crippen LogP contribution < -0.4 is 9.80 Å². The maximum absolute atomic E-state index is 14.2. The van der Waals surface area contributed by atoms with E-state index in [0.717, 1.165) is 54.7 Å². The largest absolute Gasteiger partial charge is 0.432 e. The minimum absolute atomic E-state index is 0.000788. The van der Waals surface area contributed by atoms with Gasteiger partial charge in [0.05, 0.1) is 11.4 Å². The number of amides is 2. The van der Waals surface area contributed by atoms with Crippen molar-refractivity contribution in [1.82, 2.24) is 9.88 Å². The Hall–Kier alpha value is -2.71. The van der Waals surface area contributed by atoms with Gasteiger partial charge in [-0.1, -0.05) is 44.9 Å². The Labute approximate surface area is 228 Å². The summed E-state index contributed by atoms with van der Waals surface area (Å²) in [5.74, 6) is 0.354. The first-order valence-electron chi connectivity index (χ1n) is 14.1. The van der Waals surface area contributed by atoms with E-state index in [-0.39, 0.29) is 29.4 Å². The Kier molecular flexibility index (Phi) is 7.15. The highest BCUT2D eigenvalue weighted by molar-refractivity contribution is 6.72. The molecule has 5 rings (SSSR count). The summed E-state index contributed by atoms with van der Waals surface area (Å²) in [6.45, 7) is 11.6. The molecule has 38 heavy (non-hydrogen) atoms. The average molecular weight is 535 g/mol. The Morgan fingerprint density at radius 3 is 2.45 bits per heavy atom. The van der Waals surface area contributed by atoms with Gasteiger partial charge in [0.25, 0.3) is 0 Å². The molecular weight excluding hydrogens is 492 g/mol. The molecule has 1 aromatic heterocycles. The number of hydrogen-bond acceptors (Lipinski definition) is 5. The van der Waals surface area contributed by atoms with E-state index in [2.05, 4.69) is 29.8 Å². The Morgan fingerprint density at radius 2 is 1.76 bits per heavy atom. The van der Waals surface area contributed by atoms with Crippen LogP contribution in [0, 0.1) is 12.8 Å². The second kappa shape index (κ2) is 10.1. The zero-order valence-electron chi connectivity index (χ0n) is 23.5. The summed E-state index contributed by atoms with van der Waals surface area (Å²) >= 11 is 0. The number of nitrogens with zero attached hydrogens (tertiary/aromatic N) is 4. The third-order valence-corrected chi connectivity index (χ3v) is 12.9. The SMILES string of the molecule is Cc1ccc(CN2CC3C(=O)N([C@H]4CCCC[C@@H]4CC(C)(C)[Si](C)(C)O)CC(=O)N3c3ccccc32)cn1. The number of benzene rings is 1. The number of fused-ring (bicyclic) bond motifs is 3. The van der Waals surface area contributed by atoms with Crippen LogP contribution in [0.3, 0.4) is 0 Å². The zero-order chi connectivity index (χ0) is 27.2. The van der Waals surface area contributed by atoms with Gasteiger partial charge in [0.1, 0.15) is 12.6 Å². The van der Waals surface area contributed by atoms with Gasteiger partial charge in [-0.3, -0.25) is 19.5 Å². The number of anilines is 2. The van der Waals surface area contributed by atoms with Crippen LogP contribution in [0.25, 0.3) is 0 Å². The second-order valence-corrected chi connectivity index (χ2v) is 17.2. The Balaban J connectivity index is 1.43. The molecule has 1 saturated heterocycles. The lowest BCUT2D eigenvalue weighted by molar-refractivity contribution is -0.146. The van der Waals surface area contributed by atoms with E-state index >= 15 is 0 Å². The predicted octanol–water partition coefficient (Wildman–Crippen LogP) is 4.88. The van der Waals surface area contributed by atoms with Crippen molar-refractivity contribution in [2.75, 3.05) is 22.9 Å². The van der Waals surface area contributed by atoms with E-state index in [1.165, 1.54) is 0 Å². The predicted molar refractivity (Wildman–Crippen MR) is 154 cm³/mol. The molecular formula is C30H42N4O3Si. The molecule has 3 heterocycles. The molecule has 0 spiro atoms. The highest BCUT2D eigenvalue weighted by Gasteiger charge is 2.49. The van der Waals surface area contributed by atoms with E-state index in [4.69, 9.17) is 0 Å². The second-order valence-electron chi connectivity index (χ2n) is 12.7. The molecule has 204 valence electrons. The Morgan fingerprint density at radius 1 is 1.05 bits per heavy atom. The van der Waals surface area contributed by atoms with Crippen molar-refractivity contribution in [2.24, 2.45) is 5.92 Å². The molecule has 2 aromatic rings. The van der Waals surface area contributed by atoms with E-state index in [0.29, 0.717) is 19.0 Å². The number of carbonyl (C=O) groups is 2. The molecule has 0 radical (unpaired) electrons. The fourth-order valence-electron chi connectivity index (χ4n) is 6.46. The lowest BCUT2D eigenvalue weighted by Crippen LogP contribution is -2.67. The van der Waals surface area contributed by atoms with Gasteiger partial charge in [-0.05, 0) is 74.0 Å². The zero-order valence-corrected chi connectivity index (χ0v) is 24.5. The fraction of sp³-hybridized carbons (Fsp3) is 0.567. The summed E-state index contributed by atoms with van der Waals surface area (Å²) in [7, 11) is -2.39. The number of piperazine rings is 1. The van der Waals surface area contributed by atoms with Gasteiger partial charge >= 0.3 is 0 Å². The van der Waals surface area contributed by atoms with Crippen LogP contribution in [-0.2, 0) is 16.1 Å². The van der Waals surface area contributed by atoms with Crippen molar-refractivity contribution < 1.29 is 14.4 Å². The number of aryl methyl sites for hydroxylation is 1. The number of rotatable bonds is 6. The molecule has 1 saturated carbocycles. The van der Waals surface area contributed by atoms with Crippen molar-refractivity contribution in [3.63, 3.8) is 0 Å². The van der Waals surface area contributed by atoms with E-state index in [1.54, 1.807) is 4.90 Å². The topological polar surface area (TPSA) is 77.0 Å². The summed E-state index contributed by atoms with van der Waals surface area (Å²) in [6.07, 6.45) is 6.96. The van der Waals surface area contributed by atoms with Crippen molar-refractivity contribution in [3.8, 4) is 0 Å². The lowest BCUT2D eigenvalue weighted by atomic mass is 9.78. The number of carbonyl (C=O) groups excluding carboxylic acids is 2. The number of pyridine rings is 1. The summed E-state index contributed by atoms with van der Waals surface area (Å²) in [5, 5.41) is -0.162. The van der Waals surface area contributed by atoms with Crippen LogP contribution in [0.5, 0.6) is 0 Å². The van der Waals surface area contributed by atoms with Gasteiger partial charge in [0.15, 0.2) is 8.32 Å². The average Bonchev–Trinajstić information content (AvgIpc) is 2.87. The number of para-hydroxylation sites is 2. The van der Waals surface area contributed by atoms with Gasteiger partial charge < -0.3 is 14.6 Å². The minimum atomic E-state index is -2.39. The van der Waals surface area contributed by atoms with Crippen molar-refractivity contribution in [3.05, 3.63) is 53.9 Å². The van der Waals surface area contributed by atoms with E-state index < -0.39 is 14.4 Å². The van der Waals surface area contributed by atoms with E-state index in [1.807, 2.05) is 61.4 Å². The first-order valence-corrected chi connectivity index (χ1v) is 17.0. The summed E-state index contributed by atoms with van der Waals surface area (Å²) in [5.41, 5.74) is 3.85. The van der Waals surface area contributed by atoms with E-state index in [9.17, 15) is 14.4 Å². The molecule has 0 bridgehead atoms. The van der Waals surface area contributed by atoms with Gasteiger partial charge in [0.2, 0.25) is 11.8 Å². The monoisotopic (exact) mass is 534 g/mol. The first kappa shape index (κ1) is 26.9. The van der Waals surface area contributed by atoms with Crippen LogP contribution in [0.1, 0.15) is 57.2 Å². The smallest absolute Gasteiger partial charge is 0.248 e. The summed E-state index contributed by atoms with van der Waals surface area (Å²) in [6, 6.07) is 11.5. The molecule has 1 aliphatic carbocycles. The highest BCUT2D eigenvalue weighted by atomic mass is 28.4. The van der Waals surface area contributed by atoms with Gasteiger partial charge in [-0.25, -0.2) is 0 Å². The van der Waals surface area contributed by atoms with Gasteiger partial charge in [0, 0.05) is 31.0 Å². The molecule has 2 amide bonds. The fourth-order valence-corrected chi connectivity index (χ4v) is 7.23. The third kappa shape index (κ3) is 5.00. The molecule has 1 aromatic carbocycles. The number of hydrogen-bond donors (Lipinski definition) is 1. The van der Waals surface area contributed by atoms with Crippen LogP contribution in [-0.4, -0.2) is 60.0 Å². The quantitative estimate of drug-likeness (QED) is 0.535. The summed E-state index contributed by atoms with van der Waals surface area (Å²) in [4.78, 5) is 49.2. The molecule has 2 aliphatic heterocycles.